The molecule has 0 radical (unpaired) electrons. The molecule has 1 unspecified atom stereocenters. The van der Waals surface area contributed by atoms with Crippen LogP contribution in [0.2, 0.25) is 0 Å². The smallest absolute Gasteiger partial charge is 0.306 e. The summed E-state index contributed by atoms with van der Waals surface area (Å²) in [4.78, 5) is 38.1. The number of allylic oxidation sites excluding steroid dienone is 16. The van der Waals surface area contributed by atoms with E-state index in [-0.39, 0.29) is 31.1 Å². The van der Waals surface area contributed by atoms with Crippen LogP contribution >= 0.6 is 0 Å². The third-order valence-corrected chi connectivity index (χ3v) is 13.3. The van der Waals surface area contributed by atoms with E-state index in [0.717, 1.165) is 116 Å². The first-order valence-electron chi connectivity index (χ1n) is 31.2. The molecule has 74 heavy (non-hydrogen) atoms. The van der Waals surface area contributed by atoms with Crippen molar-refractivity contribution in [2.45, 2.75) is 303 Å². The van der Waals surface area contributed by atoms with Crippen molar-refractivity contribution in [1.82, 2.24) is 0 Å². The molecule has 424 valence electrons. The van der Waals surface area contributed by atoms with E-state index in [2.05, 4.69) is 118 Å². The lowest BCUT2D eigenvalue weighted by Crippen LogP contribution is -2.30. The molecule has 0 saturated heterocycles. The van der Waals surface area contributed by atoms with Gasteiger partial charge in [-0.15, -0.1) is 0 Å². The Morgan fingerprint density at radius 3 is 0.838 bits per heavy atom. The van der Waals surface area contributed by atoms with Crippen molar-refractivity contribution in [2.24, 2.45) is 0 Å². The average molecular weight is 1030 g/mol. The molecule has 0 aliphatic rings. The van der Waals surface area contributed by atoms with E-state index < -0.39 is 6.10 Å². The molecule has 0 fully saturated rings. The van der Waals surface area contributed by atoms with Crippen molar-refractivity contribution in [3.63, 3.8) is 0 Å². The third-order valence-electron chi connectivity index (χ3n) is 13.3. The van der Waals surface area contributed by atoms with E-state index in [9.17, 15) is 14.4 Å². The molecule has 0 heterocycles. The van der Waals surface area contributed by atoms with E-state index in [0.29, 0.717) is 19.3 Å². The topological polar surface area (TPSA) is 78.9 Å². The fourth-order valence-corrected chi connectivity index (χ4v) is 8.65. The molecule has 0 aromatic carbocycles. The Balaban J connectivity index is 4.13. The van der Waals surface area contributed by atoms with Crippen LogP contribution in [0, 0.1) is 0 Å². The van der Waals surface area contributed by atoms with Gasteiger partial charge in [0.2, 0.25) is 0 Å². The molecule has 0 aliphatic heterocycles. The Hall–Kier alpha value is -3.67. The lowest BCUT2D eigenvalue weighted by Gasteiger charge is -2.18. The van der Waals surface area contributed by atoms with Crippen LogP contribution < -0.4 is 0 Å². The van der Waals surface area contributed by atoms with E-state index in [1.165, 1.54) is 141 Å². The van der Waals surface area contributed by atoms with E-state index in [4.69, 9.17) is 14.2 Å². The molecule has 0 aromatic rings. The van der Waals surface area contributed by atoms with Crippen LogP contribution in [0.25, 0.3) is 0 Å². The van der Waals surface area contributed by atoms with Crippen LogP contribution in [0.1, 0.15) is 297 Å². The summed E-state index contributed by atoms with van der Waals surface area (Å²) < 4.78 is 16.8. The first-order valence-corrected chi connectivity index (χ1v) is 31.2. The Bertz CT molecular complexity index is 1460. The molecule has 0 N–H and O–H groups in total. The summed E-state index contributed by atoms with van der Waals surface area (Å²) in [5.41, 5.74) is 0. The summed E-state index contributed by atoms with van der Waals surface area (Å²) in [6.07, 6.45) is 82.8. The second kappa shape index (κ2) is 61.9. The number of hydrogen-bond acceptors (Lipinski definition) is 6. The van der Waals surface area contributed by atoms with Gasteiger partial charge in [-0.2, -0.15) is 0 Å². The molecule has 6 heteroatoms. The maximum atomic E-state index is 12.8. The predicted octanol–water partition coefficient (Wildman–Crippen LogP) is 21.3. The highest BCUT2D eigenvalue weighted by molar-refractivity contribution is 5.71. The molecule has 6 nitrogen and oxygen atoms in total. The molecule has 0 spiro atoms. The maximum absolute atomic E-state index is 12.8. The molecule has 1 atom stereocenters. The van der Waals surface area contributed by atoms with Crippen molar-refractivity contribution in [3.8, 4) is 0 Å². The summed E-state index contributed by atoms with van der Waals surface area (Å²) in [5, 5.41) is 0. The minimum atomic E-state index is -0.779. The van der Waals surface area contributed by atoms with Crippen LogP contribution in [0.3, 0.4) is 0 Å². The van der Waals surface area contributed by atoms with Crippen molar-refractivity contribution < 1.29 is 28.6 Å². The standard InChI is InChI=1S/C68H116O6/c1-4-7-10-13-16-19-21-23-25-26-27-28-29-30-31-32-33-34-35-36-37-38-39-40-41-42-43-45-46-49-52-55-58-61-67(70)73-64-65(63-72-66(69)60-57-54-51-48-18-15-12-9-6-3)74-68(71)62-59-56-53-50-47-44-24-22-20-17-14-11-8-5-2/h7,10,16,19,22-25,27-28,30-31,33-34,36-37,65H,4-6,8-9,11-15,17-18,20-21,26,29,32,35,38-64H2,1-3H3/b10-7-,19-16-,24-22-,25-23-,28-27-,31-30-,34-33-,37-36-. The average Bonchev–Trinajstić information content (AvgIpc) is 3.40. The minimum Gasteiger partial charge on any atom is -0.462 e. The SMILES string of the molecule is CC/C=C\C/C=C\C/C=C\C/C=C\C/C=C\C/C=C\C/C=C\CCCCCCCCCCCCCC(=O)OCC(COC(=O)CCCCCCCCCCC)OC(=O)CCCCCCC/C=C\CCCCCCC. The number of carbonyl (C=O) groups excluding carboxylic acids is 3. The van der Waals surface area contributed by atoms with Crippen molar-refractivity contribution >= 4 is 17.9 Å². The van der Waals surface area contributed by atoms with Gasteiger partial charge in [0.25, 0.3) is 0 Å². The zero-order valence-corrected chi connectivity index (χ0v) is 48.6. The molecule has 0 rings (SSSR count). The second-order valence-electron chi connectivity index (χ2n) is 20.6. The molecule has 0 bridgehead atoms. The van der Waals surface area contributed by atoms with Gasteiger partial charge in [-0.3, -0.25) is 14.4 Å². The largest absolute Gasteiger partial charge is 0.462 e. The van der Waals surface area contributed by atoms with Gasteiger partial charge in [-0.1, -0.05) is 272 Å². The van der Waals surface area contributed by atoms with Gasteiger partial charge in [0.15, 0.2) is 6.10 Å². The van der Waals surface area contributed by atoms with E-state index >= 15 is 0 Å². The lowest BCUT2D eigenvalue weighted by atomic mass is 10.0. The molecular formula is C68H116O6. The Morgan fingerprint density at radius 2 is 0.527 bits per heavy atom. The zero-order chi connectivity index (χ0) is 53.6. The Labute approximate surface area is 457 Å². The van der Waals surface area contributed by atoms with Gasteiger partial charge in [0.05, 0.1) is 0 Å². The number of ether oxygens (including phenoxy) is 3. The quantitative estimate of drug-likeness (QED) is 0.0261. The minimum absolute atomic E-state index is 0.0782. The summed E-state index contributed by atoms with van der Waals surface area (Å²) in [6, 6.07) is 0. The monoisotopic (exact) mass is 1030 g/mol. The highest BCUT2D eigenvalue weighted by Gasteiger charge is 2.19. The van der Waals surface area contributed by atoms with Gasteiger partial charge in [-0.25, -0.2) is 0 Å². The van der Waals surface area contributed by atoms with Gasteiger partial charge < -0.3 is 14.2 Å². The van der Waals surface area contributed by atoms with Gasteiger partial charge in [-0.05, 0) is 103 Å². The Morgan fingerprint density at radius 1 is 0.284 bits per heavy atom. The van der Waals surface area contributed by atoms with Gasteiger partial charge in [0, 0.05) is 19.3 Å². The summed E-state index contributed by atoms with van der Waals surface area (Å²) in [6.45, 7) is 6.50. The second-order valence-corrected chi connectivity index (χ2v) is 20.6. The Kier molecular flexibility index (Phi) is 58.8. The summed E-state index contributed by atoms with van der Waals surface area (Å²) >= 11 is 0. The molecule has 0 saturated carbocycles. The van der Waals surface area contributed by atoms with Crippen LogP contribution in [-0.4, -0.2) is 37.2 Å². The number of carbonyl (C=O) groups is 3. The highest BCUT2D eigenvalue weighted by Crippen LogP contribution is 2.16. The zero-order valence-electron chi connectivity index (χ0n) is 48.6. The van der Waals surface area contributed by atoms with Crippen molar-refractivity contribution in [3.05, 3.63) is 97.2 Å². The first-order chi connectivity index (χ1) is 36.5. The fraction of sp³-hybridized carbons (Fsp3) is 0.721. The highest BCUT2D eigenvalue weighted by atomic mass is 16.6. The van der Waals surface area contributed by atoms with Gasteiger partial charge >= 0.3 is 17.9 Å². The van der Waals surface area contributed by atoms with Crippen LogP contribution in [-0.2, 0) is 28.6 Å². The first kappa shape index (κ1) is 70.3. The van der Waals surface area contributed by atoms with E-state index in [1.807, 2.05) is 0 Å². The fourth-order valence-electron chi connectivity index (χ4n) is 8.65. The summed E-state index contributed by atoms with van der Waals surface area (Å²) in [5.74, 6) is -0.886. The maximum Gasteiger partial charge on any atom is 0.306 e. The van der Waals surface area contributed by atoms with Crippen molar-refractivity contribution in [2.75, 3.05) is 13.2 Å². The number of esters is 3. The van der Waals surface area contributed by atoms with Crippen LogP contribution in [0.4, 0.5) is 0 Å². The molecular weight excluding hydrogens is 913 g/mol. The number of unbranched alkanes of at least 4 members (excludes halogenated alkanes) is 29. The molecule has 0 aliphatic carbocycles. The van der Waals surface area contributed by atoms with Gasteiger partial charge in [0.1, 0.15) is 13.2 Å². The normalized spacial score (nSPS) is 12.7. The molecule has 0 aromatic heterocycles. The number of hydrogen-bond donors (Lipinski definition) is 0. The van der Waals surface area contributed by atoms with E-state index in [1.54, 1.807) is 0 Å². The summed E-state index contributed by atoms with van der Waals surface area (Å²) in [7, 11) is 0. The predicted molar refractivity (Wildman–Crippen MR) is 320 cm³/mol. The molecule has 0 amide bonds. The lowest BCUT2D eigenvalue weighted by molar-refractivity contribution is -0.167. The third kappa shape index (κ3) is 59.2. The van der Waals surface area contributed by atoms with Crippen molar-refractivity contribution in [1.29, 1.82) is 0 Å². The number of rotatable bonds is 56. The van der Waals surface area contributed by atoms with Crippen LogP contribution in [0.15, 0.2) is 97.2 Å². The van der Waals surface area contributed by atoms with Crippen LogP contribution in [0.5, 0.6) is 0 Å².